The topological polar surface area (TPSA) is 41.6 Å². The van der Waals surface area contributed by atoms with Crippen LogP contribution in [0.2, 0.25) is 0 Å². The van der Waals surface area contributed by atoms with Crippen molar-refractivity contribution in [3.05, 3.63) is 0 Å². The first-order valence-electron chi connectivity index (χ1n) is 3.81. The number of hydrazine groups is 1. The van der Waals surface area contributed by atoms with Gasteiger partial charge in [0.1, 0.15) is 0 Å². The molecule has 1 N–H and O–H groups in total. The number of nitrogens with one attached hydrogen (secondary N) is 1. The van der Waals surface area contributed by atoms with Gasteiger partial charge in [0.2, 0.25) is 6.41 Å². The van der Waals surface area contributed by atoms with Crippen molar-refractivity contribution in [1.29, 1.82) is 0 Å². The number of hydrogen-bond acceptors (Lipinski definition) is 3. The number of carbonyl (C=O) groups is 1. The van der Waals surface area contributed by atoms with Gasteiger partial charge in [-0.05, 0) is 13.8 Å². The largest absolute Gasteiger partial charge is 0.378 e. The van der Waals surface area contributed by atoms with Gasteiger partial charge < -0.3 is 4.74 Å². The molecule has 0 radical (unpaired) electrons. The molecule has 1 fully saturated rings. The minimum absolute atomic E-state index is 0.268. The molecule has 2 unspecified atom stereocenters. The Balaban J connectivity index is 2.47. The van der Waals surface area contributed by atoms with Crippen LogP contribution < -0.4 is 5.43 Å². The highest BCUT2D eigenvalue weighted by molar-refractivity contribution is 5.45. The van der Waals surface area contributed by atoms with Crippen LogP contribution in [0.3, 0.4) is 0 Å². The van der Waals surface area contributed by atoms with Crippen LogP contribution in [0.25, 0.3) is 0 Å². The molecular weight excluding hydrogens is 144 g/mol. The molecule has 64 valence electrons. The Morgan fingerprint density at radius 2 is 2.00 bits per heavy atom. The molecule has 4 heteroatoms. The molecule has 1 aliphatic heterocycles. The van der Waals surface area contributed by atoms with E-state index in [4.69, 9.17) is 4.74 Å². The van der Waals surface area contributed by atoms with Gasteiger partial charge >= 0.3 is 0 Å². The fourth-order valence-electron chi connectivity index (χ4n) is 1.32. The van der Waals surface area contributed by atoms with Gasteiger partial charge in [-0.2, -0.15) is 0 Å². The summed E-state index contributed by atoms with van der Waals surface area (Å²) in [5, 5.41) is 1.91. The third-order valence-electron chi connectivity index (χ3n) is 1.87. The second-order valence-electron chi connectivity index (χ2n) is 2.89. The zero-order chi connectivity index (χ0) is 8.27. The summed E-state index contributed by atoms with van der Waals surface area (Å²) in [6.45, 7) is 5.41. The summed E-state index contributed by atoms with van der Waals surface area (Å²) in [6.07, 6.45) is 0.707. The second kappa shape index (κ2) is 3.69. The standard InChI is InChI=1S/C7H14N2O2/c1-6-3-11-4-7(2)9(6)8-5-10/h5-7H,3-4H2,1-2H3,(H,8,10). The van der Waals surface area contributed by atoms with E-state index < -0.39 is 0 Å². The normalized spacial score (nSPS) is 33.3. The highest BCUT2D eigenvalue weighted by Gasteiger charge is 2.24. The molecule has 0 aromatic heterocycles. The first kappa shape index (κ1) is 8.49. The summed E-state index contributed by atoms with van der Waals surface area (Å²) in [5.41, 5.74) is 2.66. The molecule has 1 saturated heterocycles. The van der Waals surface area contributed by atoms with Crippen LogP contribution in [0.5, 0.6) is 0 Å². The molecular formula is C7H14N2O2. The fraction of sp³-hybridized carbons (Fsp3) is 0.857. The first-order chi connectivity index (χ1) is 5.25. The van der Waals surface area contributed by atoms with E-state index in [1.807, 2.05) is 18.9 Å². The van der Waals surface area contributed by atoms with Gasteiger partial charge in [-0.25, -0.2) is 5.01 Å². The number of carbonyl (C=O) groups excluding carboxylic acids is 1. The van der Waals surface area contributed by atoms with E-state index in [2.05, 4.69) is 5.43 Å². The summed E-state index contributed by atoms with van der Waals surface area (Å²) in [6, 6.07) is 0.535. The highest BCUT2D eigenvalue weighted by Crippen LogP contribution is 2.08. The van der Waals surface area contributed by atoms with Crippen molar-refractivity contribution in [3.8, 4) is 0 Å². The van der Waals surface area contributed by atoms with Crippen LogP contribution in [0.1, 0.15) is 13.8 Å². The summed E-state index contributed by atoms with van der Waals surface area (Å²) in [4.78, 5) is 10.2. The van der Waals surface area contributed by atoms with Crippen molar-refractivity contribution < 1.29 is 9.53 Å². The molecule has 0 bridgehead atoms. The van der Waals surface area contributed by atoms with E-state index >= 15 is 0 Å². The Morgan fingerprint density at radius 3 is 2.45 bits per heavy atom. The Morgan fingerprint density at radius 1 is 1.45 bits per heavy atom. The molecule has 1 aliphatic rings. The van der Waals surface area contributed by atoms with Crippen LogP contribution in [0.15, 0.2) is 0 Å². The summed E-state index contributed by atoms with van der Waals surface area (Å²) >= 11 is 0. The Bertz CT molecular complexity index is 130. The van der Waals surface area contributed by atoms with Crippen molar-refractivity contribution >= 4 is 6.41 Å². The molecule has 2 atom stereocenters. The Hall–Kier alpha value is -0.610. The van der Waals surface area contributed by atoms with Gasteiger partial charge in [-0.15, -0.1) is 0 Å². The van der Waals surface area contributed by atoms with Crippen LogP contribution in [0.4, 0.5) is 0 Å². The Kier molecular flexibility index (Phi) is 2.84. The number of nitrogens with zero attached hydrogens (tertiary/aromatic N) is 1. The van der Waals surface area contributed by atoms with E-state index in [-0.39, 0.29) is 12.1 Å². The third kappa shape index (κ3) is 1.91. The number of rotatable bonds is 2. The molecule has 0 saturated carbocycles. The van der Waals surface area contributed by atoms with Gasteiger partial charge in [0.05, 0.1) is 25.3 Å². The zero-order valence-electron chi connectivity index (χ0n) is 6.91. The maximum Gasteiger partial charge on any atom is 0.221 e. The second-order valence-corrected chi connectivity index (χ2v) is 2.89. The number of ether oxygens (including phenoxy) is 1. The Labute approximate surface area is 66.5 Å². The summed E-state index contributed by atoms with van der Waals surface area (Å²) < 4.78 is 5.27. The smallest absolute Gasteiger partial charge is 0.221 e. The zero-order valence-corrected chi connectivity index (χ0v) is 6.91. The van der Waals surface area contributed by atoms with Gasteiger partial charge in [-0.1, -0.05) is 0 Å². The predicted octanol–water partition coefficient (Wildman–Crippen LogP) is -0.243. The lowest BCUT2D eigenvalue weighted by molar-refractivity contribution is -0.122. The molecule has 4 nitrogen and oxygen atoms in total. The van der Waals surface area contributed by atoms with Crippen LogP contribution in [-0.4, -0.2) is 36.7 Å². The van der Waals surface area contributed by atoms with E-state index in [1.165, 1.54) is 0 Å². The highest BCUT2D eigenvalue weighted by atomic mass is 16.5. The van der Waals surface area contributed by atoms with Crippen LogP contribution in [-0.2, 0) is 9.53 Å². The predicted molar refractivity (Wildman–Crippen MR) is 40.8 cm³/mol. The number of morpholine rings is 1. The number of hydrogen-bond donors (Lipinski definition) is 1. The van der Waals surface area contributed by atoms with Gasteiger partial charge in [0.25, 0.3) is 0 Å². The average molecular weight is 158 g/mol. The van der Waals surface area contributed by atoms with Crippen molar-refractivity contribution in [2.24, 2.45) is 0 Å². The molecule has 11 heavy (non-hydrogen) atoms. The van der Waals surface area contributed by atoms with E-state index in [0.29, 0.717) is 19.6 Å². The number of amides is 1. The molecule has 0 aliphatic carbocycles. The van der Waals surface area contributed by atoms with Gasteiger partial charge in [0, 0.05) is 0 Å². The van der Waals surface area contributed by atoms with Crippen molar-refractivity contribution in [3.63, 3.8) is 0 Å². The third-order valence-corrected chi connectivity index (χ3v) is 1.87. The van der Waals surface area contributed by atoms with Crippen LogP contribution in [0, 0.1) is 0 Å². The lowest BCUT2D eigenvalue weighted by atomic mass is 10.2. The molecule has 0 aromatic rings. The quantitative estimate of drug-likeness (QED) is 0.564. The summed E-state index contributed by atoms with van der Waals surface area (Å²) in [5.74, 6) is 0. The van der Waals surface area contributed by atoms with E-state index in [0.717, 1.165) is 0 Å². The molecule has 1 heterocycles. The molecule has 1 amide bonds. The lowest BCUT2D eigenvalue weighted by Crippen LogP contribution is -2.55. The van der Waals surface area contributed by atoms with Crippen molar-refractivity contribution in [2.75, 3.05) is 13.2 Å². The van der Waals surface area contributed by atoms with Crippen molar-refractivity contribution in [2.45, 2.75) is 25.9 Å². The maximum atomic E-state index is 10.2. The maximum absolute atomic E-state index is 10.2. The first-order valence-corrected chi connectivity index (χ1v) is 3.81. The fourth-order valence-corrected chi connectivity index (χ4v) is 1.32. The van der Waals surface area contributed by atoms with Crippen LogP contribution >= 0.6 is 0 Å². The molecule has 0 aromatic carbocycles. The minimum atomic E-state index is 0.268. The molecule has 1 rings (SSSR count). The summed E-state index contributed by atoms with van der Waals surface area (Å²) in [7, 11) is 0. The minimum Gasteiger partial charge on any atom is -0.378 e. The monoisotopic (exact) mass is 158 g/mol. The van der Waals surface area contributed by atoms with E-state index in [1.54, 1.807) is 0 Å². The average Bonchev–Trinajstić information content (AvgIpc) is 1.97. The SMILES string of the molecule is CC1COCC(C)N1NC=O. The van der Waals surface area contributed by atoms with Gasteiger partial charge in [0.15, 0.2) is 0 Å². The lowest BCUT2D eigenvalue weighted by Gasteiger charge is -2.37. The van der Waals surface area contributed by atoms with E-state index in [9.17, 15) is 4.79 Å². The van der Waals surface area contributed by atoms with Crippen molar-refractivity contribution in [1.82, 2.24) is 10.4 Å². The molecule has 0 spiro atoms. The van der Waals surface area contributed by atoms with Gasteiger partial charge in [-0.3, -0.25) is 10.2 Å².